The van der Waals surface area contributed by atoms with Gasteiger partial charge in [-0.15, -0.1) is 11.3 Å². The Bertz CT molecular complexity index is 2980. The minimum atomic E-state index is -0.307. The van der Waals surface area contributed by atoms with Gasteiger partial charge in [-0.3, -0.25) is 19.2 Å². The lowest BCUT2D eigenvalue weighted by molar-refractivity contribution is -0.117. The van der Waals surface area contributed by atoms with Crippen molar-refractivity contribution in [3.8, 4) is 6.07 Å². The number of rotatable bonds is 7. The highest BCUT2D eigenvalue weighted by Gasteiger charge is 2.31. The fraction of sp³-hybridized carbons (Fsp3) is 0.125. The van der Waals surface area contributed by atoms with Crippen LogP contribution in [0.5, 0.6) is 0 Å². The highest BCUT2D eigenvalue weighted by Crippen LogP contribution is 2.39. The standard InChI is InChI=1S/C24H17N5OS.C24H20N4O3/c1-14-23(24(30)29-28-14)20-11-18(17-8-4-5-9-19(17)27-20)21-13-26-22(31-21)10-15-6-2-3-7-16(15)12-25;1-13-21(24(31)28-27-13)20-12-18(17-4-2-3-5-19(17)26-20)22(29)14-8-10-16(11-9-14)25-23(30)15-6-7-15/h2-9,11,13,27H,10H2,1H3,(H,29,30);2-5,8-12,15,26H,6-7H2,1H3,(H,25,30)(H,28,31). The maximum atomic E-state index is 13.4. The molecule has 0 spiro atoms. The van der Waals surface area contributed by atoms with Crippen molar-refractivity contribution in [2.24, 2.45) is 16.1 Å². The smallest absolute Gasteiger partial charge is 0.275 e. The van der Waals surface area contributed by atoms with E-state index < -0.39 is 0 Å². The van der Waals surface area contributed by atoms with Gasteiger partial charge in [0.1, 0.15) is 0 Å². The van der Waals surface area contributed by atoms with Gasteiger partial charge in [0.05, 0.1) is 55.5 Å². The van der Waals surface area contributed by atoms with E-state index in [4.69, 9.17) is 0 Å². The van der Waals surface area contributed by atoms with Crippen LogP contribution < -0.4 is 26.8 Å². The molecular weight excluding hydrogens is 799 g/mol. The first-order valence-corrected chi connectivity index (χ1v) is 20.7. The van der Waals surface area contributed by atoms with Crippen LogP contribution in [0.2, 0.25) is 0 Å². The number of nitrogens with one attached hydrogen (secondary N) is 5. The van der Waals surface area contributed by atoms with Crippen LogP contribution in [0.3, 0.4) is 0 Å². The minimum Gasteiger partial charge on any atom is -0.354 e. The minimum absolute atomic E-state index is 0.0252. The monoisotopic (exact) mass is 835 g/mol. The summed E-state index contributed by atoms with van der Waals surface area (Å²) in [7, 11) is 0. The molecule has 0 radical (unpaired) electrons. The molecule has 1 saturated carbocycles. The number of carbonyl (C=O) groups is 4. The van der Waals surface area contributed by atoms with E-state index in [9.17, 15) is 24.4 Å². The maximum Gasteiger partial charge on any atom is 0.275 e. The Morgan fingerprint density at radius 1 is 0.774 bits per heavy atom. The van der Waals surface area contributed by atoms with Crippen molar-refractivity contribution in [1.82, 2.24) is 15.8 Å². The molecule has 304 valence electrons. The van der Waals surface area contributed by atoms with Gasteiger partial charge < -0.3 is 16.0 Å². The first kappa shape index (κ1) is 39.4. The zero-order valence-electron chi connectivity index (χ0n) is 33.5. The largest absolute Gasteiger partial charge is 0.354 e. The fourth-order valence-electron chi connectivity index (χ4n) is 7.49. The van der Waals surface area contributed by atoms with Gasteiger partial charge in [0, 0.05) is 63.4 Å². The Labute approximate surface area is 360 Å². The lowest BCUT2D eigenvalue weighted by Crippen LogP contribution is -2.20. The van der Waals surface area contributed by atoms with Crippen LogP contribution in [-0.2, 0) is 20.8 Å². The number of para-hydroxylation sites is 2. The first-order valence-electron chi connectivity index (χ1n) is 19.9. The molecule has 5 heterocycles. The van der Waals surface area contributed by atoms with E-state index in [1.807, 2.05) is 85.9 Å². The van der Waals surface area contributed by atoms with Gasteiger partial charge in [0.25, 0.3) is 11.8 Å². The number of hydrogen-bond acceptors (Lipinski definition) is 11. The highest BCUT2D eigenvalue weighted by molar-refractivity contribution is 7.12. The molecule has 3 amide bonds. The lowest BCUT2D eigenvalue weighted by Gasteiger charge is -2.22. The Kier molecular flexibility index (Phi) is 10.5. The van der Waals surface area contributed by atoms with E-state index in [0.717, 1.165) is 62.1 Å². The molecule has 0 saturated heterocycles. The van der Waals surface area contributed by atoms with Crippen molar-refractivity contribution >= 4 is 74.5 Å². The number of hydrogen-bond donors (Lipinski definition) is 5. The van der Waals surface area contributed by atoms with Gasteiger partial charge in [0.15, 0.2) is 5.78 Å². The number of Topliss-reactive ketones (excluding diaryl/α,β-unsaturated/α-hetero) is 1. The number of thiazole rings is 1. The van der Waals surface area contributed by atoms with Crippen molar-refractivity contribution < 1.29 is 19.2 Å². The van der Waals surface area contributed by atoms with E-state index in [0.29, 0.717) is 57.1 Å². The number of hydrazone groups is 2. The van der Waals surface area contributed by atoms with E-state index in [-0.39, 0.29) is 29.4 Å². The molecular formula is C48H37N9O4S. The van der Waals surface area contributed by atoms with Gasteiger partial charge >= 0.3 is 0 Å². The second-order valence-corrected chi connectivity index (χ2v) is 16.2. The number of fused-ring (bicyclic) bond motifs is 2. The van der Waals surface area contributed by atoms with Crippen molar-refractivity contribution in [3.63, 3.8) is 0 Å². The van der Waals surface area contributed by atoms with Gasteiger partial charge in [-0.05, 0) is 86.9 Å². The molecule has 1 aliphatic carbocycles. The van der Waals surface area contributed by atoms with E-state index in [1.54, 1.807) is 48.6 Å². The Hall–Kier alpha value is -8.02. The molecule has 62 heavy (non-hydrogen) atoms. The van der Waals surface area contributed by atoms with Crippen molar-refractivity contribution in [3.05, 3.63) is 176 Å². The topological polar surface area (TPSA) is 190 Å². The Morgan fingerprint density at radius 3 is 2.00 bits per heavy atom. The average Bonchev–Trinajstić information content (AvgIpc) is 3.83. The number of carbonyl (C=O) groups excluding carboxylic acids is 4. The van der Waals surface area contributed by atoms with Crippen LogP contribution in [0, 0.1) is 17.2 Å². The van der Waals surface area contributed by atoms with Gasteiger partial charge in [0.2, 0.25) is 5.91 Å². The van der Waals surface area contributed by atoms with Gasteiger partial charge in [-0.25, -0.2) is 15.8 Å². The molecule has 5 aromatic rings. The summed E-state index contributed by atoms with van der Waals surface area (Å²) in [5.41, 5.74) is 16.2. The summed E-state index contributed by atoms with van der Waals surface area (Å²) >= 11 is 1.59. The number of aromatic nitrogens is 1. The summed E-state index contributed by atoms with van der Waals surface area (Å²) in [5.74, 6) is -0.549. The third kappa shape index (κ3) is 7.87. The molecule has 13 nitrogen and oxygen atoms in total. The average molecular weight is 836 g/mol. The van der Waals surface area contributed by atoms with Crippen LogP contribution in [-0.4, -0.2) is 39.9 Å². The van der Waals surface area contributed by atoms with E-state index >= 15 is 0 Å². The molecule has 0 atom stereocenters. The molecule has 10 rings (SSSR count). The molecule has 5 N–H and O–H groups in total. The zero-order chi connectivity index (χ0) is 42.9. The van der Waals surface area contributed by atoms with Crippen molar-refractivity contribution in [1.29, 1.82) is 5.26 Å². The van der Waals surface area contributed by atoms with Crippen LogP contribution in [0.25, 0.3) is 11.1 Å². The highest BCUT2D eigenvalue weighted by atomic mass is 32.1. The predicted molar refractivity (Wildman–Crippen MR) is 240 cm³/mol. The summed E-state index contributed by atoms with van der Waals surface area (Å²) in [5, 5.41) is 27.8. The number of ketones is 1. The molecule has 4 aromatic carbocycles. The van der Waals surface area contributed by atoms with Crippen LogP contribution in [0.15, 0.2) is 148 Å². The van der Waals surface area contributed by atoms with Crippen molar-refractivity contribution in [2.75, 3.05) is 16.0 Å². The number of anilines is 3. The molecule has 0 unspecified atom stereocenters. The van der Waals surface area contributed by atoms with Gasteiger partial charge in [-0.1, -0.05) is 54.6 Å². The van der Waals surface area contributed by atoms with Crippen LogP contribution in [0.1, 0.15) is 69.2 Å². The number of benzene rings is 4. The van der Waals surface area contributed by atoms with E-state index in [1.165, 1.54) is 0 Å². The second-order valence-electron chi connectivity index (χ2n) is 15.0. The predicted octanol–water partition coefficient (Wildman–Crippen LogP) is 7.71. The summed E-state index contributed by atoms with van der Waals surface area (Å²) < 4.78 is 0. The van der Waals surface area contributed by atoms with Crippen molar-refractivity contribution in [2.45, 2.75) is 33.1 Å². The lowest BCUT2D eigenvalue weighted by atomic mass is 9.90. The Morgan fingerprint density at radius 2 is 1.37 bits per heavy atom. The van der Waals surface area contributed by atoms with Crippen LogP contribution in [0.4, 0.5) is 17.1 Å². The molecule has 5 aliphatic rings. The SMILES string of the molecule is CC1=NNC(=O)C1=C1C=C(C(=O)c2ccc(NC(=O)C3CC3)cc2)c2ccccc2N1.CC1=NNC(=O)C1=C1C=C(c2cnc(Cc3ccccc3C#N)s2)c2ccccc2N1. The number of nitrogens with zero attached hydrogens (tertiary/aromatic N) is 4. The normalized spacial score (nSPS) is 18.4. The van der Waals surface area contributed by atoms with E-state index in [2.05, 4.69) is 54.1 Å². The quantitative estimate of drug-likeness (QED) is 0.0814. The molecule has 4 aliphatic heterocycles. The third-order valence-corrected chi connectivity index (χ3v) is 11.9. The molecule has 1 fully saturated rings. The summed E-state index contributed by atoms with van der Waals surface area (Å²) in [6.45, 7) is 3.56. The second kappa shape index (κ2) is 16.6. The van der Waals surface area contributed by atoms with Gasteiger partial charge in [-0.2, -0.15) is 15.5 Å². The molecule has 0 bridgehead atoms. The number of nitriles is 1. The first-order chi connectivity index (χ1) is 30.1. The maximum absolute atomic E-state index is 13.4. The third-order valence-electron chi connectivity index (χ3n) is 10.8. The number of amides is 3. The summed E-state index contributed by atoms with van der Waals surface area (Å²) in [6.07, 6.45) is 8.02. The van der Waals surface area contributed by atoms with Crippen LogP contribution >= 0.6 is 11.3 Å². The zero-order valence-corrected chi connectivity index (χ0v) is 34.3. The Balaban J connectivity index is 0.000000158. The molecule has 14 heteroatoms. The molecule has 1 aromatic heterocycles. The number of allylic oxidation sites excluding steroid dienone is 3. The summed E-state index contributed by atoms with van der Waals surface area (Å²) in [4.78, 5) is 55.5. The summed E-state index contributed by atoms with van der Waals surface area (Å²) in [6, 6.07) is 32.2. The fourth-order valence-corrected chi connectivity index (χ4v) is 8.46.